The highest BCUT2D eigenvalue weighted by Gasteiger charge is 2.17. The Morgan fingerprint density at radius 1 is 1.11 bits per heavy atom. The van der Waals surface area contributed by atoms with Gasteiger partial charge in [0.25, 0.3) is 0 Å². The summed E-state index contributed by atoms with van der Waals surface area (Å²) in [4.78, 5) is 6.84. The molecule has 1 atom stereocenters. The van der Waals surface area contributed by atoms with Gasteiger partial charge in [0.1, 0.15) is 0 Å². The van der Waals surface area contributed by atoms with Crippen molar-refractivity contribution in [2.24, 2.45) is 22.6 Å². The quantitative estimate of drug-likeness (QED) is 0.499. The second-order valence-corrected chi connectivity index (χ2v) is 6.01. The molecule has 0 heterocycles. The molecule has 0 radical (unpaired) electrons. The molecule has 1 unspecified atom stereocenters. The van der Waals surface area contributed by atoms with Gasteiger partial charge in [-0.1, -0.05) is 41.5 Å². The maximum absolute atomic E-state index is 5.90. The summed E-state index contributed by atoms with van der Waals surface area (Å²) in [6.45, 7) is 17.1. The molecule has 0 aliphatic heterocycles. The standard InChI is InChI=1S/C15H34N4/c1-7-19(8-2)14(9-12(3)4)11-18-15(16)17-10-13(5)6/h12-14H,7-11H2,1-6H3,(H3,16,17,18). The predicted octanol–water partition coefficient (Wildman–Crippen LogP) is 2.30. The maximum atomic E-state index is 5.90. The Bertz CT molecular complexity index is 245. The van der Waals surface area contributed by atoms with Crippen LogP contribution >= 0.6 is 0 Å². The zero-order chi connectivity index (χ0) is 14.8. The fourth-order valence-corrected chi connectivity index (χ4v) is 2.20. The Balaban J connectivity index is 4.36. The van der Waals surface area contributed by atoms with Crippen LogP contribution in [0.5, 0.6) is 0 Å². The highest BCUT2D eigenvalue weighted by Crippen LogP contribution is 2.10. The minimum Gasteiger partial charge on any atom is -0.370 e. The minimum absolute atomic E-state index is 0.530. The van der Waals surface area contributed by atoms with Crippen LogP contribution < -0.4 is 11.1 Å². The zero-order valence-electron chi connectivity index (χ0n) is 13.7. The first kappa shape index (κ1) is 18.2. The van der Waals surface area contributed by atoms with Crippen molar-refractivity contribution in [2.75, 3.05) is 26.2 Å². The number of nitrogens with one attached hydrogen (secondary N) is 1. The summed E-state index contributed by atoms with van der Waals surface area (Å²) in [6.07, 6.45) is 1.19. The lowest BCUT2D eigenvalue weighted by atomic mass is 10.0. The lowest BCUT2D eigenvalue weighted by Gasteiger charge is -2.31. The van der Waals surface area contributed by atoms with Gasteiger partial charge in [-0.25, -0.2) is 0 Å². The van der Waals surface area contributed by atoms with Crippen molar-refractivity contribution in [3.05, 3.63) is 0 Å². The van der Waals surface area contributed by atoms with E-state index >= 15 is 0 Å². The SMILES string of the molecule is CCN(CC)C(CNC(N)=NCC(C)C)CC(C)C. The largest absolute Gasteiger partial charge is 0.370 e. The average molecular weight is 270 g/mol. The van der Waals surface area contributed by atoms with Gasteiger partial charge >= 0.3 is 0 Å². The third-order valence-corrected chi connectivity index (χ3v) is 3.22. The highest BCUT2D eigenvalue weighted by molar-refractivity contribution is 5.77. The van der Waals surface area contributed by atoms with Crippen LogP contribution in [0.25, 0.3) is 0 Å². The summed E-state index contributed by atoms with van der Waals surface area (Å²) in [5.74, 6) is 1.82. The van der Waals surface area contributed by atoms with Crippen LogP contribution in [-0.2, 0) is 0 Å². The van der Waals surface area contributed by atoms with Crippen molar-refractivity contribution < 1.29 is 0 Å². The summed E-state index contributed by atoms with van der Waals surface area (Å²) >= 11 is 0. The molecular formula is C15H34N4. The molecule has 0 aromatic rings. The van der Waals surface area contributed by atoms with Crippen LogP contribution in [0.2, 0.25) is 0 Å². The molecule has 4 heteroatoms. The van der Waals surface area contributed by atoms with Gasteiger partial charge < -0.3 is 11.1 Å². The Morgan fingerprint density at radius 2 is 1.68 bits per heavy atom. The number of aliphatic imine (C=N–C) groups is 1. The first-order valence-corrected chi connectivity index (χ1v) is 7.68. The van der Waals surface area contributed by atoms with E-state index in [-0.39, 0.29) is 0 Å². The molecule has 3 N–H and O–H groups in total. The lowest BCUT2D eigenvalue weighted by molar-refractivity contribution is 0.191. The molecule has 0 spiro atoms. The highest BCUT2D eigenvalue weighted by atomic mass is 15.2. The normalized spacial score (nSPS) is 14.5. The number of hydrogen-bond acceptors (Lipinski definition) is 2. The fraction of sp³-hybridized carbons (Fsp3) is 0.933. The predicted molar refractivity (Wildman–Crippen MR) is 85.5 cm³/mol. The van der Waals surface area contributed by atoms with Crippen LogP contribution in [0.4, 0.5) is 0 Å². The molecule has 0 saturated carbocycles. The van der Waals surface area contributed by atoms with Crippen molar-refractivity contribution in [2.45, 2.75) is 54.0 Å². The fourth-order valence-electron chi connectivity index (χ4n) is 2.20. The molecule has 114 valence electrons. The number of hydrogen-bond donors (Lipinski definition) is 2. The van der Waals surface area contributed by atoms with Crippen molar-refractivity contribution in [1.29, 1.82) is 0 Å². The number of guanidine groups is 1. The van der Waals surface area contributed by atoms with Crippen LogP contribution in [0.15, 0.2) is 4.99 Å². The number of nitrogens with zero attached hydrogens (tertiary/aromatic N) is 2. The van der Waals surface area contributed by atoms with Gasteiger partial charge in [-0.15, -0.1) is 0 Å². The third-order valence-electron chi connectivity index (χ3n) is 3.22. The molecule has 4 nitrogen and oxygen atoms in total. The molecule has 0 saturated heterocycles. The molecule has 0 rings (SSSR count). The first-order chi connectivity index (χ1) is 8.90. The molecule has 0 fully saturated rings. The van der Waals surface area contributed by atoms with Gasteiger partial charge in [-0.05, 0) is 31.3 Å². The molecule has 0 aromatic heterocycles. The average Bonchev–Trinajstić information content (AvgIpc) is 2.34. The molecule has 0 aliphatic carbocycles. The molecule has 19 heavy (non-hydrogen) atoms. The van der Waals surface area contributed by atoms with Crippen LogP contribution in [0.3, 0.4) is 0 Å². The number of rotatable bonds is 9. The summed E-state index contributed by atoms with van der Waals surface area (Å²) in [5, 5.41) is 3.28. The van der Waals surface area contributed by atoms with E-state index in [1.165, 1.54) is 6.42 Å². The van der Waals surface area contributed by atoms with Gasteiger partial charge in [0.05, 0.1) is 0 Å². The van der Waals surface area contributed by atoms with E-state index in [9.17, 15) is 0 Å². The minimum atomic E-state index is 0.530. The zero-order valence-corrected chi connectivity index (χ0v) is 13.7. The van der Waals surface area contributed by atoms with Crippen molar-refractivity contribution in [3.8, 4) is 0 Å². The monoisotopic (exact) mass is 270 g/mol. The summed E-state index contributed by atoms with van der Waals surface area (Å²) in [7, 11) is 0. The molecule has 0 amide bonds. The summed E-state index contributed by atoms with van der Waals surface area (Å²) < 4.78 is 0. The Morgan fingerprint density at radius 3 is 2.11 bits per heavy atom. The summed E-state index contributed by atoms with van der Waals surface area (Å²) in [6, 6.07) is 0.530. The Labute approximate surface area is 119 Å². The molecule has 0 bridgehead atoms. The topological polar surface area (TPSA) is 53.6 Å². The smallest absolute Gasteiger partial charge is 0.188 e. The van der Waals surface area contributed by atoms with Gasteiger partial charge in [0.15, 0.2) is 5.96 Å². The van der Waals surface area contributed by atoms with Gasteiger partial charge in [-0.3, -0.25) is 9.89 Å². The maximum Gasteiger partial charge on any atom is 0.188 e. The van der Waals surface area contributed by atoms with E-state index in [1.54, 1.807) is 0 Å². The van der Waals surface area contributed by atoms with Crippen LogP contribution in [0, 0.1) is 11.8 Å². The Hall–Kier alpha value is -0.770. The van der Waals surface area contributed by atoms with E-state index in [2.05, 4.69) is 56.8 Å². The van der Waals surface area contributed by atoms with E-state index in [0.717, 1.165) is 26.2 Å². The molecule has 0 aromatic carbocycles. The third kappa shape index (κ3) is 8.87. The van der Waals surface area contributed by atoms with Crippen molar-refractivity contribution >= 4 is 5.96 Å². The summed E-state index contributed by atoms with van der Waals surface area (Å²) in [5.41, 5.74) is 5.90. The van der Waals surface area contributed by atoms with Crippen LogP contribution in [-0.4, -0.2) is 43.1 Å². The van der Waals surface area contributed by atoms with Crippen molar-refractivity contribution in [3.63, 3.8) is 0 Å². The second kappa shape index (κ2) is 10.1. The van der Waals surface area contributed by atoms with Gasteiger partial charge in [-0.2, -0.15) is 0 Å². The van der Waals surface area contributed by atoms with Crippen LogP contribution in [0.1, 0.15) is 48.0 Å². The Kier molecular flexibility index (Phi) is 9.66. The van der Waals surface area contributed by atoms with Gasteiger partial charge in [0.2, 0.25) is 0 Å². The number of likely N-dealkylation sites (N-methyl/N-ethyl adjacent to an activating group) is 1. The molecular weight excluding hydrogens is 236 g/mol. The lowest BCUT2D eigenvalue weighted by Crippen LogP contribution is -2.46. The first-order valence-electron chi connectivity index (χ1n) is 7.68. The van der Waals surface area contributed by atoms with E-state index in [1.807, 2.05) is 0 Å². The second-order valence-electron chi connectivity index (χ2n) is 6.01. The van der Waals surface area contributed by atoms with E-state index in [4.69, 9.17) is 5.73 Å². The van der Waals surface area contributed by atoms with Gasteiger partial charge in [0, 0.05) is 19.1 Å². The number of nitrogens with two attached hydrogens (primary N) is 1. The van der Waals surface area contributed by atoms with Crippen molar-refractivity contribution in [1.82, 2.24) is 10.2 Å². The molecule has 0 aliphatic rings. The van der Waals surface area contributed by atoms with E-state index in [0.29, 0.717) is 23.8 Å². The van der Waals surface area contributed by atoms with E-state index < -0.39 is 0 Å².